The van der Waals surface area contributed by atoms with Crippen LogP contribution in [0.3, 0.4) is 0 Å². The second-order valence-corrected chi connectivity index (χ2v) is 4.89. The van der Waals surface area contributed by atoms with Crippen molar-refractivity contribution in [1.29, 1.82) is 0 Å². The summed E-state index contributed by atoms with van der Waals surface area (Å²) in [5, 5.41) is 0. The molecule has 1 aliphatic rings. The summed E-state index contributed by atoms with van der Waals surface area (Å²) < 4.78 is 42.4. The molecule has 1 saturated heterocycles. The maximum atomic E-state index is 12.4. The molecule has 1 amide bonds. The summed E-state index contributed by atoms with van der Waals surface area (Å²) in [5.41, 5.74) is 0. The van der Waals surface area contributed by atoms with Crippen LogP contribution in [0.2, 0.25) is 0 Å². The fraction of sp³-hybridized carbons (Fsp3) is 0.909. The first-order valence-electron chi connectivity index (χ1n) is 5.84. The van der Waals surface area contributed by atoms with Gasteiger partial charge >= 0.3 is 6.18 Å². The first-order chi connectivity index (χ1) is 8.35. The monoisotopic (exact) mass is 287 g/mol. The molecule has 0 saturated carbocycles. The smallest absolute Gasteiger partial charge is 0.381 e. The minimum atomic E-state index is -4.39. The molecule has 0 aromatic carbocycles. The van der Waals surface area contributed by atoms with Crippen LogP contribution in [0.5, 0.6) is 0 Å². The van der Waals surface area contributed by atoms with E-state index in [1.165, 1.54) is 0 Å². The zero-order chi connectivity index (χ0) is 13.8. The predicted molar refractivity (Wildman–Crippen MR) is 61.4 cm³/mol. The normalized spacial score (nSPS) is 24.9. The van der Waals surface area contributed by atoms with Crippen molar-refractivity contribution in [3.8, 4) is 0 Å². The third-order valence-electron chi connectivity index (χ3n) is 2.99. The highest BCUT2D eigenvalue weighted by atomic mass is 35.5. The van der Waals surface area contributed by atoms with Crippen LogP contribution >= 0.6 is 11.6 Å². The van der Waals surface area contributed by atoms with Crippen LogP contribution in [0.15, 0.2) is 0 Å². The number of ether oxygens (including phenoxy) is 1. The lowest BCUT2D eigenvalue weighted by atomic mass is 9.88. The largest absolute Gasteiger partial charge is 0.406 e. The molecule has 0 spiro atoms. The van der Waals surface area contributed by atoms with Crippen LogP contribution in [-0.4, -0.2) is 49.2 Å². The molecular formula is C11H17ClF3NO2. The fourth-order valence-electron chi connectivity index (χ4n) is 2.07. The second-order valence-electron chi connectivity index (χ2n) is 4.51. The van der Waals surface area contributed by atoms with Crippen LogP contribution in [0, 0.1) is 11.8 Å². The summed E-state index contributed by atoms with van der Waals surface area (Å²) in [5.74, 6) is -0.926. The molecule has 18 heavy (non-hydrogen) atoms. The summed E-state index contributed by atoms with van der Waals surface area (Å²) >= 11 is 5.46. The highest BCUT2D eigenvalue weighted by molar-refractivity contribution is 6.18. The lowest BCUT2D eigenvalue weighted by Gasteiger charge is -2.33. The zero-order valence-corrected chi connectivity index (χ0v) is 10.9. The third kappa shape index (κ3) is 4.65. The van der Waals surface area contributed by atoms with Crippen LogP contribution in [-0.2, 0) is 9.53 Å². The molecule has 0 bridgehead atoms. The molecule has 0 aliphatic carbocycles. The molecule has 0 aromatic rings. The number of halogens is 4. The molecule has 7 heteroatoms. The van der Waals surface area contributed by atoms with Gasteiger partial charge in [-0.3, -0.25) is 4.79 Å². The Bertz CT molecular complexity index is 286. The van der Waals surface area contributed by atoms with Crippen LogP contribution in [0.25, 0.3) is 0 Å². The van der Waals surface area contributed by atoms with Crippen molar-refractivity contribution in [1.82, 2.24) is 4.90 Å². The first-order valence-corrected chi connectivity index (χ1v) is 6.38. The Labute approximate surface area is 109 Å². The number of rotatable bonds is 4. The van der Waals surface area contributed by atoms with Gasteiger partial charge in [0.25, 0.3) is 0 Å². The summed E-state index contributed by atoms with van der Waals surface area (Å²) in [4.78, 5) is 12.9. The van der Waals surface area contributed by atoms with Gasteiger partial charge in [0.2, 0.25) is 5.91 Å². The maximum Gasteiger partial charge on any atom is 0.406 e. The molecule has 1 fully saturated rings. The van der Waals surface area contributed by atoms with Crippen molar-refractivity contribution in [3.05, 3.63) is 0 Å². The average molecular weight is 288 g/mol. The predicted octanol–water partition coefficient (Wildman–Crippen LogP) is 2.29. The number of amides is 1. The molecule has 0 N–H and O–H groups in total. The van der Waals surface area contributed by atoms with Crippen LogP contribution in [0.4, 0.5) is 13.2 Å². The van der Waals surface area contributed by atoms with E-state index >= 15 is 0 Å². The lowest BCUT2D eigenvalue weighted by Crippen LogP contribution is -2.46. The number of carbonyl (C=O) groups is 1. The molecule has 1 rings (SSSR count). The van der Waals surface area contributed by atoms with Gasteiger partial charge < -0.3 is 9.64 Å². The first kappa shape index (κ1) is 15.6. The van der Waals surface area contributed by atoms with Crippen molar-refractivity contribution < 1.29 is 22.7 Å². The van der Waals surface area contributed by atoms with Crippen molar-refractivity contribution >= 4 is 17.5 Å². The summed E-state index contributed by atoms with van der Waals surface area (Å²) in [6.07, 6.45) is -3.92. The number of alkyl halides is 4. The lowest BCUT2D eigenvalue weighted by molar-refractivity contribution is -0.166. The summed E-state index contributed by atoms with van der Waals surface area (Å²) in [7, 11) is 0. The van der Waals surface area contributed by atoms with Crippen LogP contribution < -0.4 is 0 Å². The van der Waals surface area contributed by atoms with Crippen molar-refractivity contribution in [2.45, 2.75) is 19.5 Å². The topological polar surface area (TPSA) is 29.5 Å². The number of nitrogens with zero attached hydrogens (tertiary/aromatic N) is 1. The molecular weight excluding hydrogens is 271 g/mol. The number of carbonyl (C=O) groups excluding carboxylic acids is 1. The molecule has 2 atom stereocenters. The Morgan fingerprint density at radius 1 is 1.50 bits per heavy atom. The van der Waals surface area contributed by atoms with Crippen molar-refractivity contribution in [3.63, 3.8) is 0 Å². The average Bonchev–Trinajstić information content (AvgIpc) is 2.26. The van der Waals surface area contributed by atoms with Crippen LogP contribution in [0.1, 0.15) is 13.3 Å². The zero-order valence-electron chi connectivity index (χ0n) is 10.2. The van der Waals surface area contributed by atoms with Gasteiger partial charge in [-0.1, -0.05) is 6.92 Å². The molecule has 3 nitrogen and oxygen atoms in total. The van der Waals surface area contributed by atoms with Crippen molar-refractivity contribution in [2.24, 2.45) is 11.8 Å². The van der Waals surface area contributed by atoms with E-state index in [1.54, 1.807) is 0 Å². The van der Waals surface area contributed by atoms with Gasteiger partial charge in [0, 0.05) is 31.6 Å². The Morgan fingerprint density at radius 3 is 2.67 bits per heavy atom. The van der Waals surface area contributed by atoms with Gasteiger partial charge in [-0.25, -0.2) is 0 Å². The van der Waals surface area contributed by atoms with Gasteiger partial charge in [0.15, 0.2) is 0 Å². The van der Waals surface area contributed by atoms with E-state index in [2.05, 4.69) is 0 Å². The van der Waals surface area contributed by atoms with E-state index in [4.69, 9.17) is 16.3 Å². The second kappa shape index (κ2) is 6.61. The highest BCUT2D eigenvalue weighted by Crippen LogP contribution is 2.25. The molecule has 1 heterocycles. The Balaban J connectivity index is 2.68. The Kier molecular flexibility index (Phi) is 5.72. The van der Waals surface area contributed by atoms with E-state index in [0.29, 0.717) is 19.6 Å². The maximum absolute atomic E-state index is 12.4. The van der Waals surface area contributed by atoms with Gasteiger partial charge in [-0.15, -0.1) is 11.6 Å². The van der Waals surface area contributed by atoms with E-state index in [-0.39, 0.29) is 18.3 Å². The standard InChI is InChI=1S/C11H17ClF3NO2/c1-8-6-18-5-2-9(8)10(17)16(4-3-12)7-11(13,14)15/h8-9H,2-7H2,1H3. The molecule has 0 radical (unpaired) electrons. The minimum absolute atomic E-state index is 0.000574. The van der Waals surface area contributed by atoms with Gasteiger partial charge in [-0.05, 0) is 12.3 Å². The molecule has 1 aliphatic heterocycles. The molecule has 0 aromatic heterocycles. The highest BCUT2D eigenvalue weighted by Gasteiger charge is 2.37. The summed E-state index contributed by atoms with van der Waals surface area (Å²) in [6, 6.07) is 0. The Morgan fingerprint density at radius 2 is 2.17 bits per heavy atom. The fourth-order valence-corrected chi connectivity index (χ4v) is 2.27. The Hall–Kier alpha value is -0.490. The minimum Gasteiger partial charge on any atom is -0.381 e. The summed E-state index contributed by atoms with van der Waals surface area (Å²) in [6.45, 7) is 1.33. The van der Waals surface area contributed by atoms with Gasteiger partial charge in [0.1, 0.15) is 6.54 Å². The quantitative estimate of drug-likeness (QED) is 0.743. The molecule has 2 unspecified atom stereocenters. The van der Waals surface area contributed by atoms with E-state index in [1.807, 2.05) is 6.92 Å². The van der Waals surface area contributed by atoms with Crippen molar-refractivity contribution in [2.75, 3.05) is 32.2 Å². The SMILES string of the molecule is CC1COCCC1C(=O)N(CCCl)CC(F)(F)F. The van der Waals surface area contributed by atoms with Gasteiger partial charge in [-0.2, -0.15) is 13.2 Å². The van der Waals surface area contributed by atoms with Gasteiger partial charge in [0.05, 0.1) is 0 Å². The third-order valence-corrected chi connectivity index (χ3v) is 3.16. The number of hydrogen-bond acceptors (Lipinski definition) is 2. The molecule has 106 valence electrons. The number of hydrogen-bond donors (Lipinski definition) is 0. The van der Waals surface area contributed by atoms with E-state index in [9.17, 15) is 18.0 Å². The van der Waals surface area contributed by atoms with E-state index < -0.39 is 24.5 Å². The van der Waals surface area contributed by atoms with E-state index in [0.717, 1.165) is 4.90 Å².